The monoisotopic (exact) mass is 539 g/mol. The number of amides is 2. The molecule has 3 rings (SSSR count). The van der Waals surface area contributed by atoms with Gasteiger partial charge in [-0.15, -0.1) is 0 Å². The van der Waals surface area contributed by atoms with Crippen LogP contribution in [0.1, 0.15) is 40.5 Å². The molecular formula is C27H27F6N3O2. The number of para-hydroxylation sites is 1. The van der Waals surface area contributed by atoms with Crippen molar-refractivity contribution in [1.82, 2.24) is 14.8 Å². The summed E-state index contributed by atoms with van der Waals surface area (Å²) in [5, 5.41) is 3.56. The maximum absolute atomic E-state index is 13.4. The SMILES string of the molecule is CCCNC(=O)C=CC(Cc1cc2ccccc2n1C)N(C)C(=O)c1cc(C(F)(F)F)cc(C(F)(F)F)c1. The first-order chi connectivity index (χ1) is 17.7. The molecule has 0 saturated heterocycles. The number of benzene rings is 2. The van der Waals surface area contributed by atoms with Crippen molar-refractivity contribution in [3.05, 3.63) is 83.1 Å². The maximum Gasteiger partial charge on any atom is 0.416 e. The van der Waals surface area contributed by atoms with Crippen molar-refractivity contribution in [2.45, 2.75) is 38.2 Å². The summed E-state index contributed by atoms with van der Waals surface area (Å²) in [5.41, 5.74) is -2.28. The highest BCUT2D eigenvalue weighted by Gasteiger charge is 2.38. The van der Waals surface area contributed by atoms with Gasteiger partial charge in [-0.05, 0) is 42.1 Å². The highest BCUT2D eigenvalue weighted by molar-refractivity contribution is 5.95. The van der Waals surface area contributed by atoms with Gasteiger partial charge in [-0.2, -0.15) is 26.3 Å². The first kappa shape index (κ1) is 28.8. The van der Waals surface area contributed by atoms with Crippen molar-refractivity contribution in [1.29, 1.82) is 0 Å². The number of hydrogen-bond acceptors (Lipinski definition) is 2. The molecule has 38 heavy (non-hydrogen) atoms. The van der Waals surface area contributed by atoms with Crippen LogP contribution < -0.4 is 5.32 Å². The van der Waals surface area contributed by atoms with Crippen molar-refractivity contribution >= 4 is 22.7 Å². The lowest BCUT2D eigenvalue weighted by atomic mass is 10.0. The predicted octanol–water partition coefficient (Wildman–Crippen LogP) is 5.98. The number of hydrogen-bond donors (Lipinski definition) is 1. The standard InChI is InChI=1S/C27H27F6N3O2/c1-4-11-34-24(37)10-9-21(16-22-14-17-7-5-6-8-23(17)35(22)2)36(3)25(38)18-12-19(26(28,29)30)15-20(13-18)27(31,32)33/h5-10,12-15,21H,4,11,16H2,1-3H3,(H,34,37). The number of nitrogens with one attached hydrogen (secondary N) is 1. The molecule has 0 aliphatic carbocycles. The fraction of sp³-hybridized carbons (Fsp3) is 0.333. The van der Waals surface area contributed by atoms with Gasteiger partial charge in [0, 0.05) is 49.9 Å². The lowest BCUT2D eigenvalue weighted by molar-refractivity contribution is -0.143. The molecular weight excluding hydrogens is 512 g/mol. The zero-order valence-electron chi connectivity index (χ0n) is 21.0. The van der Waals surface area contributed by atoms with Crippen molar-refractivity contribution in [3.8, 4) is 0 Å². The van der Waals surface area contributed by atoms with E-state index in [1.54, 1.807) is 7.05 Å². The summed E-state index contributed by atoms with van der Waals surface area (Å²) < 4.78 is 82.0. The molecule has 0 radical (unpaired) electrons. The smallest absolute Gasteiger partial charge is 0.353 e. The van der Waals surface area contributed by atoms with E-state index >= 15 is 0 Å². The Bertz CT molecular complexity index is 1310. The quantitative estimate of drug-likeness (QED) is 0.283. The van der Waals surface area contributed by atoms with Crippen molar-refractivity contribution in [2.75, 3.05) is 13.6 Å². The summed E-state index contributed by atoms with van der Waals surface area (Å²) in [4.78, 5) is 26.5. The van der Waals surface area contributed by atoms with Gasteiger partial charge < -0.3 is 14.8 Å². The molecule has 0 aliphatic heterocycles. The molecule has 1 heterocycles. The molecule has 5 nitrogen and oxygen atoms in total. The zero-order valence-corrected chi connectivity index (χ0v) is 21.0. The Morgan fingerprint density at radius 1 is 1.00 bits per heavy atom. The van der Waals surface area contributed by atoms with E-state index in [1.807, 2.05) is 41.8 Å². The molecule has 1 atom stereocenters. The second-order valence-corrected chi connectivity index (χ2v) is 8.89. The maximum atomic E-state index is 13.4. The van der Waals surface area contributed by atoms with Gasteiger partial charge in [0.1, 0.15) is 0 Å². The molecule has 0 aliphatic rings. The molecule has 0 fully saturated rings. The summed E-state index contributed by atoms with van der Waals surface area (Å²) in [6.45, 7) is 2.28. The third-order valence-corrected chi connectivity index (χ3v) is 6.14. The van der Waals surface area contributed by atoms with Crippen LogP contribution in [-0.4, -0.2) is 40.9 Å². The molecule has 3 aromatic rings. The Morgan fingerprint density at radius 3 is 2.16 bits per heavy atom. The summed E-state index contributed by atoms with van der Waals surface area (Å²) in [6.07, 6.45) is -6.72. The molecule has 1 aromatic heterocycles. The molecule has 1 unspecified atom stereocenters. The average Bonchev–Trinajstić information content (AvgIpc) is 3.18. The largest absolute Gasteiger partial charge is 0.416 e. The fourth-order valence-electron chi connectivity index (χ4n) is 4.03. The normalized spacial score (nSPS) is 13.2. The lowest BCUT2D eigenvalue weighted by Crippen LogP contribution is -2.38. The van der Waals surface area contributed by atoms with Crippen LogP contribution in [0.2, 0.25) is 0 Å². The second kappa shape index (κ2) is 11.3. The van der Waals surface area contributed by atoms with Gasteiger partial charge in [0.15, 0.2) is 0 Å². The van der Waals surface area contributed by atoms with E-state index in [2.05, 4.69) is 5.32 Å². The average molecular weight is 540 g/mol. The number of aryl methyl sites for hydroxylation is 1. The van der Waals surface area contributed by atoms with Gasteiger partial charge in [-0.3, -0.25) is 9.59 Å². The molecule has 0 spiro atoms. The van der Waals surface area contributed by atoms with E-state index in [1.165, 1.54) is 19.2 Å². The minimum atomic E-state index is -5.09. The zero-order chi connectivity index (χ0) is 28.3. The van der Waals surface area contributed by atoms with Crippen LogP contribution >= 0.6 is 0 Å². The number of nitrogens with zero attached hydrogens (tertiary/aromatic N) is 2. The molecule has 2 amide bonds. The number of alkyl halides is 6. The van der Waals surface area contributed by atoms with Gasteiger partial charge in [-0.25, -0.2) is 0 Å². The summed E-state index contributed by atoms with van der Waals surface area (Å²) in [5.74, 6) is -1.49. The number of rotatable bonds is 8. The number of carbonyl (C=O) groups is 2. The Balaban J connectivity index is 2.01. The summed E-state index contributed by atoms with van der Waals surface area (Å²) in [7, 11) is 3.08. The van der Waals surface area contributed by atoms with Crippen LogP contribution in [0.3, 0.4) is 0 Å². The van der Waals surface area contributed by atoms with Gasteiger partial charge in [-0.1, -0.05) is 31.2 Å². The summed E-state index contributed by atoms with van der Waals surface area (Å²) >= 11 is 0. The molecule has 11 heteroatoms. The first-order valence-corrected chi connectivity index (χ1v) is 11.8. The molecule has 0 bridgehead atoms. The van der Waals surface area contributed by atoms with E-state index in [-0.39, 0.29) is 12.5 Å². The molecule has 2 aromatic carbocycles. The van der Waals surface area contributed by atoms with Crippen LogP contribution in [0.25, 0.3) is 10.9 Å². The van der Waals surface area contributed by atoms with Crippen molar-refractivity contribution in [2.24, 2.45) is 7.05 Å². The van der Waals surface area contributed by atoms with Gasteiger partial charge in [0.25, 0.3) is 5.91 Å². The van der Waals surface area contributed by atoms with Crippen LogP contribution in [0.5, 0.6) is 0 Å². The first-order valence-electron chi connectivity index (χ1n) is 11.8. The van der Waals surface area contributed by atoms with Gasteiger partial charge in [0.05, 0.1) is 17.2 Å². The Labute approximate surface area is 215 Å². The number of fused-ring (bicyclic) bond motifs is 1. The second-order valence-electron chi connectivity index (χ2n) is 8.89. The van der Waals surface area contributed by atoms with E-state index in [0.717, 1.165) is 21.5 Å². The van der Waals surface area contributed by atoms with Crippen molar-refractivity contribution < 1.29 is 35.9 Å². The lowest BCUT2D eigenvalue weighted by Gasteiger charge is -2.27. The predicted molar refractivity (Wildman–Crippen MR) is 131 cm³/mol. The Morgan fingerprint density at radius 2 is 1.61 bits per heavy atom. The molecule has 1 N–H and O–H groups in total. The number of likely N-dealkylation sites (N-methyl/N-ethyl adjacent to an activating group) is 1. The number of halogens is 6. The summed E-state index contributed by atoms with van der Waals surface area (Å²) in [6, 6.07) is 9.27. The van der Waals surface area contributed by atoms with Gasteiger partial charge in [0.2, 0.25) is 5.91 Å². The van der Waals surface area contributed by atoms with E-state index in [4.69, 9.17) is 0 Å². The van der Waals surface area contributed by atoms with Crippen molar-refractivity contribution in [3.63, 3.8) is 0 Å². The number of carbonyl (C=O) groups excluding carboxylic acids is 2. The minimum Gasteiger partial charge on any atom is -0.353 e. The van der Waals surface area contributed by atoms with Crippen LogP contribution in [0.15, 0.2) is 60.7 Å². The Kier molecular flexibility index (Phi) is 8.58. The minimum absolute atomic E-state index is 0.0260. The van der Waals surface area contributed by atoms with E-state index < -0.39 is 46.9 Å². The fourth-order valence-corrected chi connectivity index (χ4v) is 4.03. The van der Waals surface area contributed by atoms with Crippen LogP contribution in [-0.2, 0) is 30.6 Å². The third kappa shape index (κ3) is 6.76. The molecule has 204 valence electrons. The molecule has 0 saturated carbocycles. The van der Waals surface area contributed by atoms with Gasteiger partial charge >= 0.3 is 12.4 Å². The van der Waals surface area contributed by atoms with Crippen LogP contribution in [0.4, 0.5) is 26.3 Å². The number of aromatic nitrogens is 1. The van der Waals surface area contributed by atoms with E-state index in [0.29, 0.717) is 25.1 Å². The third-order valence-electron chi connectivity index (χ3n) is 6.14. The Hall–Kier alpha value is -3.76. The topological polar surface area (TPSA) is 54.3 Å². The highest BCUT2D eigenvalue weighted by atomic mass is 19.4. The van der Waals surface area contributed by atoms with E-state index in [9.17, 15) is 35.9 Å². The highest BCUT2D eigenvalue weighted by Crippen LogP contribution is 2.36. The van der Waals surface area contributed by atoms with Crippen LogP contribution in [0, 0.1) is 0 Å².